The molecular formula is C21H25F2N3O3. The monoisotopic (exact) mass is 405 g/mol. The van der Waals surface area contributed by atoms with E-state index >= 15 is 0 Å². The number of hydrogen-bond acceptors (Lipinski definition) is 3. The number of carbonyl (C=O) groups excluding carboxylic acids is 1. The molecule has 156 valence electrons. The Kier molecular flexibility index (Phi) is 5.29. The molecule has 0 unspecified atom stereocenters. The highest BCUT2D eigenvalue weighted by Gasteiger charge is 2.47. The van der Waals surface area contributed by atoms with Gasteiger partial charge in [-0.1, -0.05) is 18.2 Å². The molecule has 2 saturated heterocycles. The lowest BCUT2D eigenvalue weighted by molar-refractivity contribution is -0.150. The van der Waals surface area contributed by atoms with Crippen molar-refractivity contribution in [2.45, 2.75) is 44.2 Å². The summed E-state index contributed by atoms with van der Waals surface area (Å²) in [7, 11) is 0. The SMILES string of the molecule is O=C(c1c2n(c3ccccc13)CCC2)N1CCC(N2CC(F)(F)C2)CC1.O=CO. The third-order valence-corrected chi connectivity index (χ3v) is 6.22. The molecule has 0 radical (unpaired) electrons. The highest BCUT2D eigenvalue weighted by Crippen LogP contribution is 2.34. The molecule has 3 aliphatic heterocycles. The van der Waals surface area contributed by atoms with Gasteiger partial charge < -0.3 is 14.6 Å². The fourth-order valence-electron chi connectivity index (χ4n) is 4.91. The third-order valence-electron chi connectivity index (χ3n) is 6.22. The standard InChI is InChI=1S/C20H23F2N3O.CH2O2/c21-20(22)12-24(13-20)14-7-10-23(11-8-14)19(26)18-15-4-1-2-5-16(15)25-9-3-6-17(18)25;2-1-3/h1-2,4-5,14H,3,6-13H2;1H,(H,2,3). The van der Waals surface area contributed by atoms with Gasteiger partial charge in [0.1, 0.15) is 0 Å². The van der Waals surface area contributed by atoms with Gasteiger partial charge in [0, 0.05) is 42.3 Å². The maximum Gasteiger partial charge on any atom is 0.290 e. The largest absolute Gasteiger partial charge is 0.483 e. The minimum Gasteiger partial charge on any atom is -0.483 e. The van der Waals surface area contributed by atoms with Crippen LogP contribution in [-0.4, -0.2) is 70.0 Å². The van der Waals surface area contributed by atoms with E-state index in [1.807, 2.05) is 28.0 Å². The van der Waals surface area contributed by atoms with Crippen LogP contribution in [0.1, 0.15) is 35.3 Å². The summed E-state index contributed by atoms with van der Waals surface area (Å²) in [4.78, 5) is 25.4. The number of aryl methyl sites for hydroxylation is 1. The number of nitrogens with zero attached hydrogens (tertiary/aromatic N) is 3. The van der Waals surface area contributed by atoms with Crippen LogP contribution in [0.3, 0.4) is 0 Å². The molecule has 1 amide bonds. The molecule has 4 heterocycles. The van der Waals surface area contributed by atoms with Gasteiger partial charge in [0.15, 0.2) is 0 Å². The number of hydrogen-bond donors (Lipinski definition) is 1. The average molecular weight is 405 g/mol. The van der Waals surface area contributed by atoms with Gasteiger partial charge in [0.2, 0.25) is 0 Å². The molecule has 0 saturated carbocycles. The number of likely N-dealkylation sites (tertiary alicyclic amines) is 2. The summed E-state index contributed by atoms with van der Waals surface area (Å²) in [6.07, 6.45) is 3.62. The predicted molar refractivity (Wildman–Crippen MR) is 104 cm³/mol. The smallest absolute Gasteiger partial charge is 0.290 e. The molecule has 0 bridgehead atoms. The van der Waals surface area contributed by atoms with Crippen LogP contribution < -0.4 is 0 Å². The van der Waals surface area contributed by atoms with Crippen molar-refractivity contribution in [3.63, 3.8) is 0 Å². The van der Waals surface area contributed by atoms with Crippen molar-refractivity contribution in [1.29, 1.82) is 0 Å². The van der Waals surface area contributed by atoms with Crippen LogP contribution in [-0.2, 0) is 17.8 Å². The quantitative estimate of drug-likeness (QED) is 0.781. The minimum absolute atomic E-state index is 0.115. The van der Waals surface area contributed by atoms with Crippen LogP contribution in [0.5, 0.6) is 0 Å². The molecule has 29 heavy (non-hydrogen) atoms. The number of aromatic nitrogens is 1. The highest BCUT2D eigenvalue weighted by molar-refractivity contribution is 6.08. The Morgan fingerprint density at radius 3 is 2.45 bits per heavy atom. The Morgan fingerprint density at radius 2 is 1.79 bits per heavy atom. The van der Waals surface area contributed by atoms with Gasteiger partial charge in [-0.25, -0.2) is 8.78 Å². The number of amides is 1. The second-order valence-corrected chi connectivity index (χ2v) is 7.98. The first-order valence-corrected chi connectivity index (χ1v) is 10.0. The number of fused-ring (bicyclic) bond motifs is 3. The van der Waals surface area contributed by atoms with E-state index in [1.54, 1.807) is 0 Å². The molecule has 0 aliphatic carbocycles. The van der Waals surface area contributed by atoms with Crippen LogP contribution >= 0.6 is 0 Å². The zero-order valence-electron chi connectivity index (χ0n) is 16.2. The number of piperidine rings is 1. The summed E-state index contributed by atoms with van der Waals surface area (Å²) in [6.45, 7) is 1.80. The number of rotatable bonds is 2. The summed E-state index contributed by atoms with van der Waals surface area (Å²) in [6, 6.07) is 8.34. The lowest BCUT2D eigenvalue weighted by Gasteiger charge is -2.46. The van der Waals surface area contributed by atoms with E-state index in [-0.39, 0.29) is 31.5 Å². The second-order valence-electron chi connectivity index (χ2n) is 7.98. The number of alkyl halides is 2. The van der Waals surface area contributed by atoms with Crippen LogP contribution in [0.25, 0.3) is 10.9 Å². The summed E-state index contributed by atoms with van der Waals surface area (Å²) >= 11 is 0. The third kappa shape index (κ3) is 3.61. The lowest BCUT2D eigenvalue weighted by Crippen LogP contribution is -2.61. The summed E-state index contributed by atoms with van der Waals surface area (Å²) in [5.74, 6) is -2.40. The van der Waals surface area contributed by atoms with E-state index in [0.29, 0.717) is 13.1 Å². The number of carboxylic acid groups (broad SMARTS) is 1. The Morgan fingerprint density at radius 1 is 1.14 bits per heavy atom. The van der Waals surface area contributed by atoms with Crippen LogP contribution in [0, 0.1) is 0 Å². The van der Waals surface area contributed by atoms with Crippen LogP contribution in [0.15, 0.2) is 24.3 Å². The first-order valence-electron chi connectivity index (χ1n) is 10.0. The van der Waals surface area contributed by atoms with E-state index in [2.05, 4.69) is 10.6 Å². The van der Waals surface area contributed by atoms with E-state index in [1.165, 1.54) is 5.69 Å². The maximum atomic E-state index is 13.3. The molecule has 6 nitrogen and oxygen atoms in total. The molecular weight excluding hydrogens is 380 g/mol. The molecule has 1 aromatic heterocycles. The fraction of sp³-hybridized carbons (Fsp3) is 0.524. The number of carbonyl (C=O) groups is 2. The van der Waals surface area contributed by atoms with Crippen molar-refractivity contribution in [2.75, 3.05) is 26.2 Å². The molecule has 2 fully saturated rings. The normalized spacial score (nSPS) is 21.2. The van der Waals surface area contributed by atoms with Crippen molar-refractivity contribution in [3.8, 4) is 0 Å². The Bertz CT molecular complexity index is 911. The van der Waals surface area contributed by atoms with Gasteiger partial charge in [-0.15, -0.1) is 0 Å². The summed E-state index contributed by atoms with van der Waals surface area (Å²) in [5, 5.41) is 7.94. The van der Waals surface area contributed by atoms with Crippen molar-refractivity contribution in [1.82, 2.24) is 14.4 Å². The molecule has 3 aliphatic rings. The Balaban J connectivity index is 0.000000645. The second kappa shape index (κ2) is 7.74. The Labute approximate surface area is 167 Å². The number of halogens is 2. The van der Waals surface area contributed by atoms with Crippen molar-refractivity contribution in [2.24, 2.45) is 0 Å². The van der Waals surface area contributed by atoms with E-state index in [9.17, 15) is 13.6 Å². The first-order chi connectivity index (χ1) is 13.9. The topological polar surface area (TPSA) is 65.8 Å². The molecule has 8 heteroatoms. The van der Waals surface area contributed by atoms with Gasteiger partial charge in [0.05, 0.1) is 18.7 Å². The van der Waals surface area contributed by atoms with Crippen LogP contribution in [0.2, 0.25) is 0 Å². The predicted octanol–water partition coefficient (Wildman–Crippen LogP) is 2.84. The maximum absolute atomic E-state index is 13.3. The van der Waals surface area contributed by atoms with E-state index < -0.39 is 5.92 Å². The van der Waals surface area contributed by atoms with E-state index in [0.717, 1.165) is 48.7 Å². The zero-order chi connectivity index (χ0) is 20.6. The lowest BCUT2D eigenvalue weighted by atomic mass is 9.97. The minimum atomic E-state index is -2.51. The highest BCUT2D eigenvalue weighted by atomic mass is 19.3. The zero-order valence-corrected chi connectivity index (χ0v) is 16.2. The molecule has 0 atom stereocenters. The van der Waals surface area contributed by atoms with Gasteiger partial charge in [-0.05, 0) is 31.7 Å². The van der Waals surface area contributed by atoms with Crippen molar-refractivity contribution in [3.05, 3.63) is 35.5 Å². The van der Waals surface area contributed by atoms with Crippen molar-refractivity contribution >= 4 is 23.3 Å². The van der Waals surface area contributed by atoms with Crippen molar-refractivity contribution < 1.29 is 23.5 Å². The number of para-hydroxylation sites is 1. The molecule has 1 aromatic carbocycles. The Hall–Kier alpha value is -2.48. The molecule has 2 aromatic rings. The van der Waals surface area contributed by atoms with E-state index in [4.69, 9.17) is 9.90 Å². The number of benzene rings is 1. The van der Waals surface area contributed by atoms with Gasteiger partial charge in [-0.3, -0.25) is 14.5 Å². The van der Waals surface area contributed by atoms with Gasteiger partial charge >= 0.3 is 0 Å². The first kappa shape index (κ1) is 19.8. The average Bonchev–Trinajstić information content (AvgIpc) is 3.27. The molecule has 5 rings (SSSR count). The van der Waals surface area contributed by atoms with Crippen LogP contribution in [0.4, 0.5) is 8.78 Å². The fourth-order valence-corrected chi connectivity index (χ4v) is 4.91. The molecule has 0 spiro atoms. The van der Waals surface area contributed by atoms with Gasteiger partial charge in [0.25, 0.3) is 18.3 Å². The van der Waals surface area contributed by atoms with Gasteiger partial charge in [-0.2, -0.15) is 0 Å². The summed E-state index contributed by atoms with van der Waals surface area (Å²) < 4.78 is 28.5. The summed E-state index contributed by atoms with van der Waals surface area (Å²) in [5.41, 5.74) is 3.19. The molecule has 1 N–H and O–H groups in total.